The Morgan fingerprint density at radius 2 is 1.67 bits per heavy atom. The zero-order chi connectivity index (χ0) is 21.1. The smallest absolute Gasteiger partial charge is 0.339 e. The predicted molar refractivity (Wildman–Crippen MR) is 119 cm³/mol. The summed E-state index contributed by atoms with van der Waals surface area (Å²) in [6.45, 7) is 4.24. The quantitative estimate of drug-likeness (QED) is 0.495. The highest BCUT2D eigenvalue weighted by Gasteiger charge is 2.52. The van der Waals surface area contributed by atoms with Crippen molar-refractivity contribution in [2.24, 2.45) is 11.8 Å². The van der Waals surface area contributed by atoms with Gasteiger partial charge in [0.2, 0.25) is 0 Å². The van der Waals surface area contributed by atoms with Gasteiger partial charge in [-0.3, -0.25) is 0 Å². The molecule has 0 saturated heterocycles. The van der Waals surface area contributed by atoms with Crippen LogP contribution < -0.4 is 0 Å². The van der Waals surface area contributed by atoms with E-state index in [0.29, 0.717) is 30.3 Å². The number of ether oxygens (including phenoxy) is 1. The van der Waals surface area contributed by atoms with Crippen molar-refractivity contribution in [3.05, 3.63) is 83.1 Å². The Kier molecular flexibility index (Phi) is 5.99. The molecular formula is C27H32O3. The molecule has 2 aromatic rings. The van der Waals surface area contributed by atoms with E-state index in [1.807, 2.05) is 36.4 Å². The Hall–Kier alpha value is -2.55. The molecule has 1 aliphatic heterocycles. The lowest BCUT2D eigenvalue weighted by Gasteiger charge is -2.30. The van der Waals surface area contributed by atoms with Gasteiger partial charge in [0.05, 0.1) is 5.57 Å². The normalized spacial score (nSPS) is 22.4. The zero-order valence-electron chi connectivity index (χ0n) is 18.0. The standard InChI is InChI=1S/C27H32O3/c1-19(2)18-27(17-9-12-20-10-5-3-6-11-20)25(28)24(26(29)30-27)23(22-15-16-22)21-13-7-4-8-14-21/h3-8,10-11,13-14,19,22-23,28H,9,12,15-18H2,1-2H3. The van der Waals surface area contributed by atoms with E-state index in [4.69, 9.17) is 4.74 Å². The van der Waals surface area contributed by atoms with Crippen LogP contribution in [-0.4, -0.2) is 16.7 Å². The molecule has 3 heteroatoms. The topological polar surface area (TPSA) is 46.5 Å². The maximum absolute atomic E-state index is 13.1. The number of aliphatic hydroxyl groups excluding tert-OH is 1. The van der Waals surface area contributed by atoms with E-state index in [1.54, 1.807) is 0 Å². The number of carbonyl (C=O) groups excluding carboxylic acids is 1. The molecule has 2 unspecified atom stereocenters. The van der Waals surface area contributed by atoms with Gasteiger partial charge in [0.1, 0.15) is 5.76 Å². The number of cyclic esters (lactones) is 1. The van der Waals surface area contributed by atoms with Crippen molar-refractivity contribution in [3.8, 4) is 0 Å². The van der Waals surface area contributed by atoms with Crippen molar-refractivity contribution in [3.63, 3.8) is 0 Å². The highest BCUT2D eigenvalue weighted by Crippen LogP contribution is 2.52. The van der Waals surface area contributed by atoms with Gasteiger partial charge in [-0.2, -0.15) is 0 Å². The summed E-state index contributed by atoms with van der Waals surface area (Å²) in [6.07, 6.45) is 5.25. The van der Waals surface area contributed by atoms with Crippen molar-refractivity contribution in [1.29, 1.82) is 0 Å². The van der Waals surface area contributed by atoms with Gasteiger partial charge in [-0.25, -0.2) is 4.79 Å². The molecule has 0 radical (unpaired) electrons. The number of hydrogen-bond acceptors (Lipinski definition) is 3. The SMILES string of the molecule is CC(C)CC1(CCCc2ccccc2)OC(=O)C(C(c2ccccc2)C2CC2)=C1O. The number of rotatable bonds is 9. The number of aryl methyl sites for hydroxylation is 1. The fourth-order valence-corrected chi connectivity index (χ4v) is 4.95. The van der Waals surface area contributed by atoms with E-state index in [-0.39, 0.29) is 17.6 Å². The summed E-state index contributed by atoms with van der Waals surface area (Å²) in [7, 11) is 0. The molecule has 0 bridgehead atoms. The fourth-order valence-electron chi connectivity index (χ4n) is 4.95. The Labute approximate surface area is 179 Å². The maximum Gasteiger partial charge on any atom is 0.339 e. The third-order valence-electron chi connectivity index (χ3n) is 6.38. The molecule has 0 aromatic heterocycles. The second-order valence-electron chi connectivity index (χ2n) is 9.31. The third kappa shape index (κ3) is 4.30. The summed E-state index contributed by atoms with van der Waals surface area (Å²) >= 11 is 0. The Morgan fingerprint density at radius 3 is 2.27 bits per heavy atom. The van der Waals surface area contributed by atoms with Crippen molar-refractivity contribution in [2.45, 2.75) is 63.9 Å². The van der Waals surface area contributed by atoms with Crippen molar-refractivity contribution in [2.75, 3.05) is 0 Å². The molecule has 1 N–H and O–H groups in total. The van der Waals surface area contributed by atoms with Crippen molar-refractivity contribution >= 4 is 5.97 Å². The van der Waals surface area contributed by atoms with E-state index in [2.05, 4.69) is 38.1 Å². The van der Waals surface area contributed by atoms with Crippen LogP contribution in [0.4, 0.5) is 0 Å². The van der Waals surface area contributed by atoms with Crippen LogP contribution in [0.2, 0.25) is 0 Å². The largest absolute Gasteiger partial charge is 0.507 e. The molecule has 158 valence electrons. The summed E-state index contributed by atoms with van der Waals surface area (Å²) in [4.78, 5) is 13.1. The van der Waals surface area contributed by atoms with Crippen molar-refractivity contribution in [1.82, 2.24) is 0 Å². The molecule has 2 aromatic carbocycles. The molecule has 0 amide bonds. The molecule has 4 rings (SSSR count). The number of hydrogen-bond donors (Lipinski definition) is 1. The predicted octanol–water partition coefficient (Wildman–Crippen LogP) is 6.36. The maximum atomic E-state index is 13.1. The molecule has 0 spiro atoms. The van der Waals surface area contributed by atoms with E-state index < -0.39 is 5.60 Å². The highest BCUT2D eigenvalue weighted by molar-refractivity contribution is 5.94. The number of aliphatic hydroxyl groups is 1. The molecule has 2 aliphatic rings. The van der Waals surface area contributed by atoms with Crippen LogP contribution in [0.5, 0.6) is 0 Å². The summed E-state index contributed by atoms with van der Waals surface area (Å²) in [6, 6.07) is 20.5. The third-order valence-corrected chi connectivity index (χ3v) is 6.38. The van der Waals surface area contributed by atoms with Crippen LogP contribution in [0, 0.1) is 11.8 Å². The minimum atomic E-state index is -0.892. The van der Waals surface area contributed by atoms with Crippen LogP contribution in [0.3, 0.4) is 0 Å². The van der Waals surface area contributed by atoms with E-state index in [9.17, 15) is 9.90 Å². The molecule has 1 saturated carbocycles. The van der Waals surface area contributed by atoms with Gasteiger partial charge < -0.3 is 9.84 Å². The Morgan fingerprint density at radius 1 is 1.03 bits per heavy atom. The van der Waals surface area contributed by atoms with E-state index in [1.165, 1.54) is 5.56 Å². The minimum Gasteiger partial charge on any atom is -0.507 e. The number of carbonyl (C=O) groups is 1. The average molecular weight is 405 g/mol. The Bertz CT molecular complexity index is 896. The summed E-state index contributed by atoms with van der Waals surface area (Å²) in [5.41, 5.74) is 1.98. The van der Waals surface area contributed by atoms with Crippen molar-refractivity contribution < 1.29 is 14.6 Å². The van der Waals surface area contributed by atoms with Crippen LogP contribution in [0.15, 0.2) is 72.0 Å². The first-order valence-electron chi connectivity index (χ1n) is 11.3. The lowest BCUT2D eigenvalue weighted by Crippen LogP contribution is -2.34. The molecule has 2 atom stereocenters. The van der Waals surface area contributed by atoms with Crippen LogP contribution in [0.1, 0.15) is 63.0 Å². The highest BCUT2D eigenvalue weighted by atomic mass is 16.6. The Balaban J connectivity index is 1.63. The lowest BCUT2D eigenvalue weighted by atomic mass is 9.81. The first-order chi connectivity index (χ1) is 14.5. The molecule has 30 heavy (non-hydrogen) atoms. The van der Waals surface area contributed by atoms with Gasteiger partial charge in [-0.05, 0) is 61.5 Å². The monoisotopic (exact) mass is 404 g/mol. The average Bonchev–Trinajstić information content (AvgIpc) is 3.53. The molecule has 1 heterocycles. The fraction of sp³-hybridized carbons (Fsp3) is 0.444. The molecular weight excluding hydrogens is 372 g/mol. The summed E-state index contributed by atoms with van der Waals surface area (Å²) < 4.78 is 6.04. The first kappa shape index (κ1) is 20.7. The molecule has 1 fully saturated rings. The van der Waals surface area contributed by atoms with E-state index in [0.717, 1.165) is 31.2 Å². The van der Waals surface area contributed by atoms with E-state index >= 15 is 0 Å². The van der Waals surface area contributed by atoms with Gasteiger partial charge in [-0.1, -0.05) is 74.5 Å². The van der Waals surface area contributed by atoms with Crippen LogP contribution in [-0.2, 0) is 16.0 Å². The summed E-state index contributed by atoms with van der Waals surface area (Å²) in [5.74, 6) is 0.522. The molecule has 1 aliphatic carbocycles. The summed E-state index contributed by atoms with van der Waals surface area (Å²) in [5, 5.41) is 11.5. The van der Waals surface area contributed by atoms with Gasteiger partial charge in [0.15, 0.2) is 5.60 Å². The second-order valence-corrected chi connectivity index (χ2v) is 9.31. The second kappa shape index (κ2) is 8.67. The van der Waals surface area contributed by atoms with Crippen LogP contribution in [0.25, 0.3) is 0 Å². The van der Waals surface area contributed by atoms with Gasteiger partial charge in [0.25, 0.3) is 0 Å². The van der Waals surface area contributed by atoms with Crippen LogP contribution >= 0.6 is 0 Å². The lowest BCUT2D eigenvalue weighted by molar-refractivity contribution is -0.150. The number of esters is 1. The molecule has 3 nitrogen and oxygen atoms in total. The van der Waals surface area contributed by atoms with Gasteiger partial charge >= 0.3 is 5.97 Å². The van der Waals surface area contributed by atoms with Gasteiger partial charge in [0, 0.05) is 5.92 Å². The zero-order valence-corrected chi connectivity index (χ0v) is 18.0. The first-order valence-corrected chi connectivity index (χ1v) is 11.3. The number of benzene rings is 2. The van der Waals surface area contributed by atoms with Gasteiger partial charge in [-0.15, -0.1) is 0 Å². The minimum absolute atomic E-state index is 0.0677.